The summed E-state index contributed by atoms with van der Waals surface area (Å²) in [5.41, 5.74) is 2.32. The summed E-state index contributed by atoms with van der Waals surface area (Å²) < 4.78 is 1.53. The summed E-state index contributed by atoms with van der Waals surface area (Å²) in [6, 6.07) is 17.0. The average Bonchev–Trinajstić information content (AvgIpc) is 3.53. The van der Waals surface area contributed by atoms with Gasteiger partial charge in [0.15, 0.2) is 5.78 Å². The fourth-order valence-electron chi connectivity index (χ4n) is 3.95. The molecule has 0 aliphatic carbocycles. The highest BCUT2D eigenvalue weighted by molar-refractivity contribution is 7.10. The molecule has 2 amide bonds. The number of Topliss-reactive ketones (excluding diaryl/α,β-unsaturated/α-hetero) is 1. The number of thiophene rings is 1. The highest BCUT2D eigenvalue weighted by Gasteiger charge is 2.34. The number of hydrogen-bond acceptors (Lipinski definition) is 6. The maximum Gasteiger partial charge on any atom is 0.249 e. The van der Waals surface area contributed by atoms with Gasteiger partial charge in [-0.05, 0) is 55.0 Å². The topological polar surface area (TPSA) is 97.2 Å². The van der Waals surface area contributed by atoms with Gasteiger partial charge >= 0.3 is 0 Å². The summed E-state index contributed by atoms with van der Waals surface area (Å²) in [5, 5.41) is 13.2. The van der Waals surface area contributed by atoms with Crippen molar-refractivity contribution >= 4 is 45.7 Å². The van der Waals surface area contributed by atoms with E-state index in [2.05, 4.69) is 29.5 Å². The number of nitrogens with zero attached hydrogens (tertiary/aromatic N) is 4. The molecule has 36 heavy (non-hydrogen) atoms. The largest absolute Gasteiger partial charge is 0.354 e. The molecule has 186 valence electrons. The first kappa shape index (κ1) is 25.2. The van der Waals surface area contributed by atoms with Gasteiger partial charge in [0.05, 0.1) is 5.52 Å². The Morgan fingerprint density at radius 2 is 1.86 bits per heavy atom. The number of benzene rings is 2. The number of amides is 2. The summed E-state index contributed by atoms with van der Waals surface area (Å²) >= 11 is 1.40. The van der Waals surface area contributed by atoms with Gasteiger partial charge in [0.25, 0.3) is 0 Å². The van der Waals surface area contributed by atoms with Crippen molar-refractivity contribution in [1.29, 1.82) is 0 Å². The van der Waals surface area contributed by atoms with Crippen LogP contribution in [0, 0.1) is 5.92 Å². The molecule has 0 saturated heterocycles. The lowest BCUT2D eigenvalue weighted by Crippen LogP contribution is -2.45. The number of nitrogens with one attached hydrogen (secondary N) is 1. The van der Waals surface area contributed by atoms with Crippen LogP contribution < -0.4 is 10.2 Å². The molecule has 8 nitrogen and oxygen atoms in total. The second-order valence-corrected chi connectivity index (χ2v) is 9.98. The molecule has 1 N–H and O–H groups in total. The third-order valence-electron chi connectivity index (χ3n) is 5.84. The number of para-hydroxylation sites is 1. The van der Waals surface area contributed by atoms with E-state index in [1.807, 2.05) is 41.8 Å². The van der Waals surface area contributed by atoms with Crippen molar-refractivity contribution in [2.75, 3.05) is 11.4 Å². The molecule has 2 aromatic heterocycles. The smallest absolute Gasteiger partial charge is 0.249 e. The van der Waals surface area contributed by atoms with Gasteiger partial charge in [-0.3, -0.25) is 19.3 Å². The van der Waals surface area contributed by atoms with Gasteiger partial charge in [0, 0.05) is 22.7 Å². The molecule has 0 radical (unpaired) electrons. The number of anilines is 1. The minimum absolute atomic E-state index is 0.119. The highest BCUT2D eigenvalue weighted by atomic mass is 32.1. The van der Waals surface area contributed by atoms with E-state index in [-0.39, 0.29) is 24.1 Å². The van der Waals surface area contributed by atoms with Gasteiger partial charge in [0.1, 0.15) is 18.1 Å². The van der Waals surface area contributed by atoms with Crippen LogP contribution in [0.3, 0.4) is 0 Å². The van der Waals surface area contributed by atoms with Crippen LogP contribution in [0.15, 0.2) is 66.0 Å². The van der Waals surface area contributed by atoms with E-state index in [4.69, 9.17) is 0 Å². The zero-order valence-electron chi connectivity index (χ0n) is 20.5. The SMILES string of the molecule is CC(=O)c1cccc(N(C(=O)Cn2nnc3ccccc32)[C@H](C(=O)NCCC(C)C)c2cccs2)c1. The van der Waals surface area contributed by atoms with E-state index in [1.165, 1.54) is 27.8 Å². The number of carbonyl (C=O) groups is 3. The third kappa shape index (κ3) is 5.68. The summed E-state index contributed by atoms with van der Waals surface area (Å²) in [5.74, 6) is -0.316. The molecule has 9 heteroatoms. The zero-order valence-corrected chi connectivity index (χ0v) is 21.4. The first-order valence-corrected chi connectivity index (χ1v) is 12.8. The van der Waals surface area contributed by atoms with Gasteiger partial charge in [-0.15, -0.1) is 16.4 Å². The lowest BCUT2D eigenvalue weighted by molar-refractivity contribution is -0.126. The predicted octanol–water partition coefficient (Wildman–Crippen LogP) is 4.63. The van der Waals surface area contributed by atoms with Crippen molar-refractivity contribution in [1.82, 2.24) is 20.3 Å². The second kappa shape index (κ2) is 11.3. The number of ketones is 1. The van der Waals surface area contributed by atoms with Crippen LogP contribution in [-0.2, 0) is 16.1 Å². The molecule has 0 aliphatic heterocycles. The molecule has 4 rings (SSSR count). The third-order valence-corrected chi connectivity index (χ3v) is 6.77. The Hall–Kier alpha value is -3.85. The summed E-state index contributed by atoms with van der Waals surface area (Å²) in [6.07, 6.45) is 0.821. The van der Waals surface area contributed by atoms with E-state index in [0.717, 1.165) is 16.8 Å². The van der Waals surface area contributed by atoms with Gasteiger partial charge < -0.3 is 5.32 Å². The fourth-order valence-corrected chi connectivity index (χ4v) is 4.76. The van der Waals surface area contributed by atoms with Crippen molar-refractivity contribution in [2.24, 2.45) is 5.92 Å². The van der Waals surface area contributed by atoms with E-state index >= 15 is 0 Å². The lowest BCUT2D eigenvalue weighted by atomic mass is 10.1. The Balaban J connectivity index is 1.76. The fraction of sp³-hybridized carbons (Fsp3) is 0.296. The van der Waals surface area contributed by atoms with E-state index in [9.17, 15) is 14.4 Å². The van der Waals surface area contributed by atoms with Crippen LogP contribution in [0.2, 0.25) is 0 Å². The van der Waals surface area contributed by atoms with Crippen LogP contribution in [0.4, 0.5) is 5.69 Å². The van der Waals surface area contributed by atoms with E-state index in [0.29, 0.717) is 29.2 Å². The Bertz CT molecular complexity index is 1360. The zero-order chi connectivity index (χ0) is 25.7. The van der Waals surface area contributed by atoms with Crippen LogP contribution >= 0.6 is 11.3 Å². The van der Waals surface area contributed by atoms with Gasteiger partial charge in [0.2, 0.25) is 11.8 Å². The molecule has 0 spiro atoms. The standard InChI is InChI=1S/C27H29N5O3S/c1-18(2)13-14-28-27(35)26(24-12-7-15-36-24)32(21-9-6-8-20(16-21)19(3)33)25(34)17-31-23-11-5-4-10-22(23)29-30-31/h4-12,15-16,18,26H,13-14,17H2,1-3H3,(H,28,35)/t26-/m0/s1. The maximum atomic E-state index is 13.9. The Morgan fingerprint density at radius 3 is 2.58 bits per heavy atom. The van der Waals surface area contributed by atoms with Crippen molar-refractivity contribution in [2.45, 2.75) is 39.8 Å². The summed E-state index contributed by atoms with van der Waals surface area (Å²) in [6.45, 7) is 6.04. The Kier molecular flexibility index (Phi) is 7.90. The van der Waals surface area contributed by atoms with Gasteiger partial charge in [-0.25, -0.2) is 4.68 Å². The number of rotatable bonds is 10. The molecule has 0 bridgehead atoms. The van der Waals surface area contributed by atoms with Crippen molar-refractivity contribution in [3.05, 3.63) is 76.5 Å². The number of hydrogen-bond donors (Lipinski definition) is 1. The molecule has 0 fully saturated rings. The van der Waals surface area contributed by atoms with E-state index < -0.39 is 6.04 Å². The van der Waals surface area contributed by atoms with Gasteiger partial charge in [-0.1, -0.05) is 49.4 Å². The average molecular weight is 504 g/mol. The van der Waals surface area contributed by atoms with Crippen LogP contribution in [0.25, 0.3) is 11.0 Å². The van der Waals surface area contributed by atoms with E-state index in [1.54, 1.807) is 24.3 Å². The molecule has 0 unspecified atom stereocenters. The number of fused-ring (bicyclic) bond motifs is 1. The lowest BCUT2D eigenvalue weighted by Gasteiger charge is -2.31. The first-order valence-electron chi connectivity index (χ1n) is 11.9. The first-order chi connectivity index (χ1) is 17.3. The van der Waals surface area contributed by atoms with Gasteiger partial charge in [-0.2, -0.15) is 0 Å². The van der Waals surface area contributed by atoms with Crippen LogP contribution in [0.5, 0.6) is 0 Å². The highest BCUT2D eigenvalue weighted by Crippen LogP contribution is 2.32. The normalized spacial score (nSPS) is 12.0. The summed E-state index contributed by atoms with van der Waals surface area (Å²) in [7, 11) is 0. The Labute approximate surface area is 213 Å². The number of carbonyl (C=O) groups excluding carboxylic acids is 3. The molecule has 2 aromatic carbocycles. The van der Waals surface area contributed by atoms with Crippen molar-refractivity contribution in [3.8, 4) is 0 Å². The predicted molar refractivity (Wildman–Crippen MR) is 141 cm³/mol. The molecule has 1 atom stereocenters. The minimum Gasteiger partial charge on any atom is -0.354 e. The minimum atomic E-state index is -0.901. The summed E-state index contributed by atoms with van der Waals surface area (Å²) in [4.78, 5) is 41.8. The molecule has 2 heterocycles. The molecular weight excluding hydrogens is 474 g/mol. The Morgan fingerprint density at radius 1 is 1.06 bits per heavy atom. The molecule has 4 aromatic rings. The van der Waals surface area contributed by atoms with Crippen molar-refractivity contribution < 1.29 is 14.4 Å². The van der Waals surface area contributed by atoms with Crippen LogP contribution in [-0.4, -0.2) is 39.1 Å². The van der Waals surface area contributed by atoms with Crippen molar-refractivity contribution in [3.63, 3.8) is 0 Å². The molecule has 0 saturated carbocycles. The number of aromatic nitrogens is 3. The monoisotopic (exact) mass is 503 g/mol. The quantitative estimate of drug-likeness (QED) is 0.318. The van der Waals surface area contributed by atoms with Crippen LogP contribution in [0.1, 0.15) is 48.5 Å². The maximum absolute atomic E-state index is 13.9. The second-order valence-electron chi connectivity index (χ2n) is 9.00. The molecular formula is C27H29N5O3S. The molecule has 0 aliphatic rings.